The van der Waals surface area contributed by atoms with E-state index in [1.165, 1.54) is 14.0 Å². The van der Waals surface area contributed by atoms with Gasteiger partial charge in [0.2, 0.25) is 6.79 Å². The number of rotatable bonds is 7. The second-order valence-corrected chi connectivity index (χ2v) is 3.20. The number of methoxy groups -OCH3 is 1. The first kappa shape index (κ1) is 15.9. The Bertz CT molecular complexity index is 326. The summed E-state index contributed by atoms with van der Waals surface area (Å²) in [6.45, 7) is 0.738. The molecule has 0 unspecified atom stereocenters. The molecule has 0 aliphatic rings. The molecule has 0 aliphatic carbocycles. The van der Waals surface area contributed by atoms with Crippen molar-refractivity contribution >= 4 is 23.8 Å². The number of hydrogen-bond donors (Lipinski definition) is 1. The fourth-order valence-corrected chi connectivity index (χ4v) is 0.826. The molecule has 0 heterocycles. The van der Waals surface area contributed by atoms with Crippen molar-refractivity contribution in [1.29, 1.82) is 0 Å². The Labute approximate surface area is 104 Å². The van der Waals surface area contributed by atoms with Gasteiger partial charge < -0.3 is 19.5 Å². The van der Waals surface area contributed by atoms with Gasteiger partial charge in [0, 0.05) is 6.54 Å². The molecule has 0 bridgehead atoms. The molecule has 0 spiro atoms. The van der Waals surface area contributed by atoms with Crippen LogP contribution in [0.1, 0.15) is 19.8 Å². The summed E-state index contributed by atoms with van der Waals surface area (Å²) in [6.07, 6.45) is -1.10. The Balaban J connectivity index is 3.56. The summed E-state index contributed by atoms with van der Waals surface area (Å²) in [7, 11) is 1.20. The quantitative estimate of drug-likeness (QED) is 0.382. The molecule has 0 atom stereocenters. The molecule has 0 radical (unpaired) electrons. The van der Waals surface area contributed by atoms with Crippen molar-refractivity contribution in [2.24, 2.45) is 0 Å². The standard InChI is InChI=1S/C10H15NO7/c1-7(12)5-9(14)18-6-17-8(13)3-4-11-10(15)16-2/h3-6H2,1-2H3,(H,11,15). The summed E-state index contributed by atoms with van der Waals surface area (Å²) in [5.41, 5.74) is 0. The van der Waals surface area contributed by atoms with E-state index in [0.29, 0.717) is 0 Å². The lowest BCUT2D eigenvalue weighted by molar-refractivity contribution is -0.167. The zero-order valence-electron chi connectivity index (χ0n) is 10.2. The van der Waals surface area contributed by atoms with Gasteiger partial charge in [0.25, 0.3) is 0 Å². The summed E-state index contributed by atoms with van der Waals surface area (Å²) in [5.74, 6) is -1.75. The lowest BCUT2D eigenvalue weighted by Crippen LogP contribution is -2.26. The van der Waals surface area contributed by atoms with E-state index >= 15 is 0 Å². The first-order valence-corrected chi connectivity index (χ1v) is 5.08. The number of esters is 2. The van der Waals surface area contributed by atoms with Crippen molar-refractivity contribution < 1.29 is 33.4 Å². The zero-order chi connectivity index (χ0) is 14.0. The summed E-state index contributed by atoms with van der Waals surface area (Å²) in [6, 6.07) is 0. The van der Waals surface area contributed by atoms with Gasteiger partial charge in [-0.15, -0.1) is 0 Å². The monoisotopic (exact) mass is 261 g/mol. The maximum absolute atomic E-state index is 11.0. The van der Waals surface area contributed by atoms with Crippen LogP contribution < -0.4 is 5.32 Å². The topological polar surface area (TPSA) is 108 Å². The van der Waals surface area contributed by atoms with Crippen molar-refractivity contribution in [3.05, 3.63) is 0 Å². The molecule has 0 fully saturated rings. The third-order valence-corrected chi connectivity index (χ3v) is 1.62. The second kappa shape index (κ2) is 8.97. The lowest BCUT2D eigenvalue weighted by atomic mass is 10.3. The van der Waals surface area contributed by atoms with Crippen LogP contribution in [0.2, 0.25) is 0 Å². The summed E-state index contributed by atoms with van der Waals surface area (Å²) in [4.78, 5) is 43.1. The van der Waals surface area contributed by atoms with Crippen molar-refractivity contribution in [3.8, 4) is 0 Å². The van der Waals surface area contributed by atoms with Crippen LogP contribution in [-0.2, 0) is 28.6 Å². The van der Waals surface area contributed by atoms with E-state index in [1.807, 2.05) is 0 Å². The minimum absolute atomic E-state index is 0.0485. The van der Waals surface area contributed by atoms with E-state index in [4.69, 9.17) is 0 Å². The van der Waals surface area contributed by atoms with Crippen molar-refractivity contribution in [3.63, 3.8) is 0 Å². The molecule has 0 rings (SSSR count). The highest BCUT2D eigenvalue weighted by atomic mass is 16.7. The van der Waals surface area contributed by atoms with Crippen LogP contribution in [0.4, 0.5) is 4.79 Å². The highest BCUT2D eigenvalue weighted by molar-refractivity contribution is 5.94. The molecule has 0 aromatic rings. The number of Topliss-reactive ketones (excluding diaryl/α,β-unsaturated/α-hetero) is 1. The van der Waals surface area contributed by atoms with Crippen LogP contribution in [0.25, 0.3) is 0 Å². The molecule has 1 N–H and O–H groups in total. The van der Waals surface area contributed by atoms with E-state index in [-0.39, 0.29) is 25.2 Å². The predicted molar refractivity (Wildman–Crippen MR) is 57.4 cm³/mol. The van der Waals surface area contributed by atoms with E-state index in [0.717, 1.165) is 0 Å². The van der Waals surface area contributed by atoms with Gasteiger partial charge in [-0.25, -0.2) is 4.79 Å². The number of amides is 1. The molecule has 0 aromatic carbocycles. The van der Waals surface area contributed by atoms with E-state index in [2.05, 4.69) is 19.5 Å². The number of hydrogen-bond acceptors (Lipinski definition) is 7. The fourth-order valence-electron chi connectivity index (χ4n) is 0.826. The first-order valence-electron chi connectivity index (χ1n) is 5.08. The number of ether oxygens (including phenoxy) is 3. The molecule has 0 saturated heterocycles. The van der Waals surface area contributed by atoms with Crippen LogP contribution in [0, 0.1) is 0 Å². The highest BCUT2D eigenvalue weighted by Crippen LogP contribution is 1.91. The molecular weight excluding hydrogens is 246 g/mol. The van der Waals surface area contributed by atoms with Gasteiger partial charge in [0.05, 0.1) is 13.5 Å². The van der Waals surface area contributed by atoms with Crippen molar-refractivity contribution in [2.75, 3.05) is 20.4 Å². The molecule has 18 heavy (non-hydrogen) atoms. The Hall–Kier alpha value is -2.12. The second-order valence-electron chi connectivity index (χ2n) is 3.20. The van der Waals surface area contributed by atoms with E-state index in [9.17, 15) is 19.2 Å². The Kier molecular flexibility index (Phi) is 7.91. The average molecular weight is 261 g/mol. The number of carbonyl (C=O) groups excluding carboxylic acids is 4. The van der Waals surface area contributed by atoms with Crippen molar-refractivity contribution in [1.82, 2.24) is 5.32 Å². The van der Waals surface area contributed by atoms with Gasteiger partial charge in [-0.3, -0.25) is 14.4 Å². The minimum Gasteiger partial charge on any atom is -0.453 e. The number of carbonyl (C=O) groups is 4. The third kappa shape index (κ3) is 9.13. The van der Waals surface area contributed by atoms with E-state index < -0.39 is 24.8 Å². The maximum Gasteiger partial charge on any atom is 0.406 e. The summed E-state index contributed by atoms with van der Waals surface area (Å²) < 4.78 is 13.3. The van der Waals surface area contributed by atoms with Gasteiger partial charge in [-0.1, -0.05) is 0 Å². The Morgan fingerprint density at radius 1 is 1.06 bits per heavy atom. The highest BCUT2D eigenvalue weighted by Gasteiger charge is 2.08. The molecule has 8 heteroatoms. The number of alkyl carbamates (subject to hydrolysis) is 1. The molecule has 102 valence electrons. The molecule has 8 nitrogen and oxygen atoms in total. The largest absolute Gasteiger partial charge is 0.453 e. The van der Waals surface area contributed by atoms with Crippen LogP contribution in [0.3, 0.4) is 0 Å². The van der Waals surface area contributed by atoms with E-state index in [1.54, 1.807) is 0 Å². The average Bonchev–Trinajstić information content (AvgIpc) is 2.27. The molecule has 1 amide bonds. The molecule has 0 saturated carbocycles. The molecule has 0 aliphatic heterocycles. The minimum atomic E-state index is -0.761. The van der Waals surface area contributed by atoms with Crippen LogP contribution >= 0.6 is 0 Å². The Morgan fingerprint density at radius 2 is 1.67 bits per heavy atom. The Morgan fingerprint density at radius 3 is 2.22 bits per heavy atom. The summed E-state index contributed by atoms with van der Waals surface area (Å²) in [5, 5.41) is 2.27. The van der Waals surface area contributed by atoms with Gasteiger partial charge in [0.1, 0.15) is 12.2 Å². The van der Waals surface area contributed by atoms with Crippen LogP contribution in [-0.4, -0.2) is 44.3 Å². The van der Waals surface area contributed by atoms with Gasteiger partial charge >= 0.3 is 18.0 Å². The normalized spacial score (nSPS) is 9.22. The van der Waals surface area contributed by atoms with Gasteiger partial charge in [-0.05, 0) is 6.92 Å². The molecule has 0 aromatic heterocycles. The van der Waals surface area contributed by atoms with Gasteiger partial charge in [0.15, 0.2) is 0 Å². The first-order chi connectivity index (χ1) is 8.45. The van der Waals surface area contributed by atoms with Crippen LogP contribution in [0.5, 0.6) is 0 Å². The predicted octanol–water partition coefficient (Wildman–Crippen LogP) is -0.245. The maximum atomic E-state index is 11.0. The zero-order valence-corrected chi connectivity index (χ0v) is 10.2. The fraction of sp³-hybridized carbons (Fsp3) is 0.600. The van der Waals surface area contributed by atoms with Gasteiger partial charge in [-0.2, -0.15) is 0 Å². The number of ketones is 1. The smallest absolute Gasteiger partial charge is 0.406 e. The number of nitrogens with one attached hydrogen (secondary N) is 1. The third-order valence-electron chi connectivity index (χ3n) is 1.62. The van der Waals surface area contributed by atoms with Crippen LogP contribution in [0.15, 0.2) is 0 Å². The SMILES string of the molecule is COC(=O)NCCC(=O)OCOC(=O)CC(C)=O. The molecular formula is C10H15NO7. The van der Waals surface area contributed by atoms with Crippen molar-refractivity contribution in [2.45, 2.75) is 19.8 Å². The lowest BCUT2D eigenvalue weighted by Gasteiger charge is -2.06. The summed E-state index contributed by atoms with van der Waals surface area (Å²) >= 11 is 0.